The van der Waals surface area contributed by atoms with E-state index in [9.17, 15) is 4.79 Å². The number of aromatic nitrogens is 2. The van der Waals surface area contributed by atoms with Gasteiger partial charge in [0.2, 0.25) is 0 Å². The topological polar surface area (TPSA) is 58.1 Å². The Morgan fingerprint density at radius 2 is 1.83 bits per heavy atom. The first-order valence-electron chi connectivity index (χ1n) is 10.2. The lowest BCUT2D eigenvalue weighted by atomic mass is 9.97. The van der Waals surface area contributed by atoms with Crippen LogP contribution >= 0.6 is 23.4 Å². The number of carbonyl (C=O) groups is 1. The number of carbonyl (C=O) groups excluding carboxylic acids is 1. The van der Waals surface area contributed by atoms with Crippen molar-refractivity contribution < 1.29 is 4.79 Å². The Morgan fingerprint density at radius 3 is 2.45 bits per heavy atom. The molecule has 1 aromatic carbocycles. The molecule has 1 aromatic heterocycles. The van der Waals surface area contributed by atoms with Gasteiger partial charge in [-0.2, -0.15) is 0 Å². The molecule has 29 heavy (non-hydrogen) atoms. The van der Waals surface area contributed by atoms with Crippen molar-refractivity contribution in [1.82, 2.24) is 20.2 Å². The van der Waals surface area contributed by atoms with Crippen molar-refractivity contribution in [2.45, 2.75) is 50.2 Å². The molecule has 1 atom stereocenters. The Bertz CT molecular complexity index is 822. The Balaban J connectivity index is 1.77. The highest BCUT2D eigenvalue weighted by atomic mass is 35.5. The van der Waals surface area contributed by atoms with Crippen LogP contribution < -0.4 is 5.32 Å². The van der Waals surface area contributed by atoms with Crippen molar-refractivity contribution in [2.75, 3.05) is 25.9 Å². The van der Waals surface area contributed by atoms with Crippen molar-refractivity contribution in [2.24, 2.45) is 0 Å². The van der Waals surface area contributed by atoms with Crippen LogP contribution in [0.3, 0.4) is 0 Å². The number of hydrogen-bond donors (Lipinski definition) is 1. The molecule has 1 saturated heterocycles. The number of amides is 1. The van der Waals surface area contributed by atoms with Crippen LogP contribution in [0, 0.1) is 0 Å². The summed E-state index contributed by atoms with van der Waals surface area (Å²) in [7, 11) is 0. The smallest absolute Gasteiger partial charge is 0.271 e. The van der Waals surface area contributed by atoms with E-state index in [-0.39, 0.29) is 22.7 Å². The molecule has 7 heteroatoms. The molecule has 156 valence electrons. The largest absolute Gasteiger partial charge is 0.349 e. The molecule has 3 rings (SSSR count). The number of thioether (sulfide) groups is 1. The number of nitrogens with zero attached hydrogens (tertiary/aromatic N) is 3. The van der Waals surface area contributed by atoms with Gasteiger partial charge >= 0.3 is 0 Å². The summed E-state index contributed by atoms with van der Waals surface area (Å²) in [5.41, 5.74) is 2.79. The zero-order valence-corrected chi connectivity index (χ0v) is 18.9. The molecule has 1 amide bonds. The molecular weight excluding hydrogens is 404 g/mol. The predicted octanol–water partition coefficient (Wildman–Crippen LogP) is 4.93. The first-order chi connectivity index (χ1) is 14.0. The molecule has 1 aliphatic heterocycles. The fraction of sp³-hybridized carbons (Fsp3) is 0.500. The van der Waals surface area contributed by atoms with Gasteiger partial charge in [0.05, 0.1) is 17.3 Å². The van der Waals surface area contributed by atoms with Gasteiger partial charge in [-0.1, -0.05) is 67.9 Å². The number of nitrogens with one attached hydrogen (secondary N) is 1. The Labute approximate surface area is 182 Å². The fourth-order valence-electron chi connectivity index (χ4n) is 3.67. The van der Waals surface area contributed by atoms with E-state index in [2.05, 4.69) is 58.3 Å². The fourth-order valence-corrected chi connectivity index (χ4v) is 4.19. The second kappa shape index (κ2) is 10.4. The molecule has 0 saturated carbocycles. The van der Waals surface area contributed by atoms with Crippen LogP contribution in [0.4, 0.5) is 0 Å². The van der Waals surface area contributed by atoms with E-state index in [4.69, 9.17) is 11.6 Å². The molecule has 1 fully saturated rings. The maximum Gasteiger partial charge on any atom is 0.271 e. The summed E-state index contributed by atoms with van der Waals surface area (Å²) in [5, 5.41) is 3.87. The standard InChI is InChI=1S/C22H29ClN4OS/c1-15(2)16-7-9-17(10-8-16)19(27-11-5-4-6-12-27)14-24-21(28)20-18(23)13-25-22(26-20)29-3/h7-10,13,15,19H,4-6,11-12,14H2,1-3H3,(H,24,28). The number of benzene rings is 1. The molecule has 0 spiro atoms. The maximum absolute atomic E-state index is 12.8. The van der Waals surface area contributed by atoms with Gasteiger partial charge in [-0.25, -0.2) is 9.97 Å². The van der Waals surface area contributed by atoms with E-state index in [0.29, 0.717) is 17.6 Å². The van der Waals surface area contributed by atoms with Crippen LogP contribution in [0.15, 0.2) is 35.6 Å². The minimum Gasteiger partial charge on any atom is -0.349 e. The third-order valence-corrected chi connectivity index (χ3v) is 6.23. The zero-order chi connectivity index (χ0) is 20.8. The van der Waals surface area contributed by atoms with E-state index in [0.717, 1.165) is 13.1 Å². The van der Waals surface area contributed by atoms with Gasteiger partial charge in [0.25, 0.3) is 5.91 Å². The number of piperidine rings is 1. The average molecular weight is 433 g/mol. The first kappa shape index (κ1) is 22.1. The average Bonchev–Trinajstić information content (AvgIpc) is 2.75. The summed E-state index contributed by atoms with van der Waals surface area (Å²) in [5.74, 6) is 0.247. The summed E-state index contributed by atoms with van der Waals surface area (Å²) in [4.78, 5) is 23.6. The van der Waals surface area contributed by atoms with E-state index in [1.165, 1.54) is 48.3 Å². The Kier molecular flexibility index (Phi) is 7.92. The molecule has 0 radical (unpaired) electrons. The summed E-state index contributed by atoms with van der Waals surface area (Å²) >= 11 is 7.56. The van der Waals surface area contributed by atoms with Gasteiger partial charge in [-0.05, 0) is 49.2 Å². The molecule has 0 aliphatic carbocycles. The number of likely N-dealkylation sites (tertiary alicyclic amines) is 1. The summed E-state index contributed by atoms with van der Waals surface area (Å²) < 4.78 is 0. The van der Waals surface area contributed by atoms with Gasteiger partial charge in [-0.3, -0.25) is 9.69 Å². The third-order valence-electron chi connectivity index (χ3n) is 5.39. The minimum atomic E-state index is -0.256. The lowest BCUT2D eigenvalue weighted by Gasteiger charge is -2.35. The van der Waals surface area contributed by atoms with E-state index >= 15 is 0 Å². The highest BCUT2D eigenvalue weighted by molar-refractivity contribution is 7.98. The highest BCUT2D eigenvalue weighted by Crippen LogP contribution is 2.26. The van der Waals surface area contributed by atoms with Gasteiger partial charge in [0, 0.05) is 6.54 Å². The third kappa shape index (κ3) is 5.71. The quantitative estimate of drug-likeness (QED) is 0.496. The highest BCUT2D eigenvalue weighted by Gasteiger charge is 2.24. The summed E-state index contributed by atoms with van der Waals surface area (Å²) in [6.07, 6.45) is 7.03. The number of rotatable bonds is 7. The SMILES string of the molecule is CSc1ncc(Cl)c(C(=O)NCC(c2ccc(C(C)C)cc2)N2CCCCC2)n1. The van der Waals surface area contributed by atoms with Crippen LogP contribution in [-0.2, 0) is 0 Å². The summed E-state index contributed by atoms with van der Waals surface area (Å²) in [6.45, 7) is 7.03. The molecule has 2 aromatic rings. The van der Waals surface area contributed by atoms with Crippen molar-refractivity contribution in [3.8, 4) is 0 Å². The monoisotopic (exact) mass is 432 g/mol. The predicted molar refractivity (Wildman–Crippen MR) is 120 cm³/mol. The lowest BCUT2D eigenvalue weighted by molar-refractivity contribution is 0.0918. The van der Waals surface area contributed by atoms with Gasteiger partial charge < -0.3 is 5.32 Å². The van der Waals surface area contributed by atoms with Crippen LogP contribution in [0.5, 0.6) is 0 Å². The van der Waals surface area contributed by atoms with Gasteiger partial charge in [-0.15, -0.1) is 0 Å². The Morgan fingerprint density at radius 1 is 1.17 bits per heavy atom. The molecule has 5 nitrogen and oxygen atoms in total. The van der Waals surface area contributed by atoms with Crippen LogP contribution in [0.2, 0.25) is 5.02 Å². The Hall–Kier alpha value is -1.63. The zero-order valence-electron chi connectivity index (χ0n) is 17.3. The lowest BCUT2D eigenvalue weighted by Crippen LogP contribution is -2.40. The van der Waals surface area contributed by atoms with Crippen LogP contribution in [0.25, 0.3) is 0 Å². The van der Waals surface area contributed by atoms with Crippen molar-refractivity contribution in [3.05, 3.63) is 52.3 Å². The summed E-state index contributed by atoms with van der Waals surface area (Å²) in [6, 6.07) is 8.94. The second-order valence-electron chi connectivity index (χ2n) is 7.70. The molecule has 2 heterocycles. The van der Waals surface area contributed by atoms with Crippen molar-refractivity contribution in [1.29, 1.82) is 0 Å². The second-order valence-corrected chi connectivity index (χ2v) is 8.88. The molecule has 1 aliphatic rings. The van der Waals surface area contributed by atoms with E-state index in [1.807, 2.05) is 6.26 Å². The van der Waals surface area contributed by atoms with E-state index in [1.54, 1.807) is 0 Å². The van der Waals surface area contributed by atoms with Gasteiger partial charge in [0.1, 0.15) is 0 Å². The minimum absolute atomic E-state index is 0.140. The van der Waals surface area contributed by atoms with E-state index < -0.39 is 0 Å². The molecule has 1 unspecified atom stereocenters. The van der Waals surface area contributed by atoms with Crippen LogP contribution in [0.1, 0.15) is 66.7 Å². The maximum atomic E-state index is 12.8. The first-order valence-corrected chi connectivity index (χ1v) is 11.8. The van der Waals surface area contributed by atoms with Crippen molar-refractivity contribution in [3.63, 3.8) is 0 Å². The molecule has 1 N–H and O–H groups in total. The van der Waals surface area contributed by atoms with Crippen LogP contribution in [-0.4, -0.2) is 46.7 Å². The normalized spacial score (nSPS) is 16.0. The number of halogens is 1. The number of hydrogen-bond acceptors (Lipinski definition) is 5. The molecular formula is C22H29ClN4OS. The van der Waals surface area contributed by atoms with Gasteiger partial charge in [0.15, 0.2) is 10.9 Å². The van der Waals surface area contributed by atoms with Crippen molar-refractivity contribution >= 4 is 29.3 Å². The molecule has 0 bridgehead atoms.